The lowest BCUT2D eigenvalue weighted by atomic mass is 10.2. The second kappa shape index (κ2) is 3.59. The van der Waals surface area contributed by atoms with Crippen molar-refractivity contribution in [3.63, 3.8) is 0 Å². The van der Waals surface area contributed by atoms with E-state index in [1.54, 1.807) is 0 Å². The van der Waals surface area contributed by atoms with E-state index in [-0.39, 0.29) is 10.5 Å². The minimum atomic E-state index is -3.94. The molecule has 1 rings (SSSR count). The Kier molecular flexibility index (Phi) is 2.66. The van der Waals surface area contributed by atoms with Gasteiger partial charge in [0.25, 0.3) is 10.0 Å². The molecule has 0 radical (unpaired) electrons. The Morgan fingerprint density at radius 1 is 1.36 bits per heavy atom. The van der Waals surface area contributed by atoms with Gasteiger partial charge in [-0.2, -0.15) is 12.8 Å². The number of carboxylic acids is 1. The molecule has 0 heterocycles. The lowest BCUT2D eigenvalue weighted by molar-refractivity contribution is 0.0692. The average molecular weight is 213 g/mol. The smallest absolute Gasteiger partial charge is 0.337 e. The minimum Gasteiger partial charge on any atom is -0.478 e. The molecule has 0 bridgehead atoms. The van der Waals surface area contributed by atoms with E-state index in [4.69, 9.17) is 5.11 Å². The first-order valence-electron chi connectivity index (χ1n) is 3.54. The summed E-state index contributed by atoms with van der Waals surface area (Å²) in [5, 5.41) is 8.70. The SMILES string of the molecule is C=NS(=O)(=O)c1ccccc1C(=O)O. The molecule has 1 N–H and O–H groups in total. The molecule has 0 saturated carbocycles. The van der Waals surface area contributed by atoms with Gasteiger partial charge in [-0.1, -0.05) is 12.1 Å². The number of rotatable bonds is 3. The molecule has 0 aliphatic carbocycles. The number of aromatic carboxylic acids is 1. The van der Waals surface area contributed by atoms with E-state index in [1.165, 1.54) is 24.3 Å². The predicted molar refractivity (Wildman–Crippen MR) is 50.1 cm³/mol. The molecule has 0 fully saturated rings. The Morgan fingerprint density at radius 2 is 1.93 bits per heavy atom. The molecule has 0 aromatic heterocycles. The van der Waals surface area contributed by atoms with Gasteiger partial charge in [-0.05, 0) is 12.1 Å². The van der Waals surface area contributed by atoms with Crippen molar-refractivity contribution in [1.82, 2.24) is 0 Å². The van der Waals surface area contributed by atoms with Crippen LogP contribution < -0.4 is 0 Å². The maximum Gasteiger partial charge on any atom is 0.337 e. The molecule has 0 saturated heterocycles. The highest BCUT2D eigenvalue weighted by Gasteiger charge is 2.19. The van der Waals surface area contributed by atoms with Crippen LogP contribution in [-0.2, 0) is 10.0 Å². The van der Waals surface area contributed by atoms with Crippen LogP contribution in [0.25, 0.3) is 0 Å². The predicted octanol–water partition coefficient (Wildman–Crippen LogP) is 0.774. The fraction of sp³-hybridized carbons (Fsp3) is 0. The first-order valence-corrected chi connectivity index (χ1v) is 4.98. The molecule has 1 aromatic rings. The van der Waals surface area contributed by atoms with Gasteiger partial charge in [0.1, 0.15) is 4.90 Å². The van der Waals surface area contributed by atoms with Crippen LogP contribution in [-0.4, -0.2) is 26.2 Å². The zero-order valence-electron chi connectivity index (χ0n) is 7.04. The number of hydrogen-bond donors (Lipinski definition) is 1. The lowest BCUT2D eigenvalue weighted by Crippen LogP contribution is -2.06. The maximum absolute atomic E-state index is 11.2. The number of carboxylic acid groups (broad SMARTS) is 1. The fourth-order valence-corrected chi connectivity index (χ4v) is 1.76. The van der Waals surface area contributed by atoms with E-state index < -0.39 is 16.0 Å². The van der Waals surface area contributed by atoms with Crippen LogP contribution in [0.15, 0.2) is 33.6 Å². The molecule has 0 atom stereocenters. The summed E-state index contributed by atoms with van der Waals surface area (Å²) >= 11 is 0. The van der Waals surface area contributed by atoms with Crippen LogP contribution in [0.3, 0.4) is 0 Å². The van der Waals surface area contributed by atoms with Gasteiger partial charge in [0.15, 0.2) is 0 Å². The zero-order chi connectivity index (χ0) is 10.8. The van der Waals surface area contributed by atoms with Crippen molar-refractivity contribution < 1.29 is 18.3 Å². The Balaban J connectivity index is 3.50. The topological polar surface area (TPSA) is 83.8 Å². The quantitative estimate of drug-likeness (QED) is 0.752. The highest BCUT2D eigenvalue weighted by molar-refractivity contribution is 7.90. The van der Waals surface area contributed by atoms with E-state index in [0.717, 1.165) is 0 Å². The monoisotopic (exact) mass is 213 g/mol. The van der Waals surface area contributed by atoms with E-state index in [1.807, 2.05) is 0 Å². The molecule has 74 valence electrons. The Labute approximate surface area is 80.8 Å². The lowest BCUT2D eigenvalue weighted by Gasteiger charge is -2.01. The summed E-state index contributed by atoms with van der Waals surface area (Å²) in [4.78, 5) is 10.3. The van der Waals surface area contributed by atoms with Gasteiger partial charge in [0, 0.05) is 6.72 Å². The number of sulfonamides is 1. The normalized spacial score (nSPS) is 10.9. The number of hydrogen-bond acceptors (Lipinski definition) is 3. The molecule has 14 heavy (non-hydrogen) atoms. The third-order valence-electron chi connectivity index (χ3n) is 1.57. The third-order valence-corrected chi connectivity index (χ3v) is 2.82. The van der Waals surface area contributed by atoms with Crippen molar-refractivity contribution in [1.29, 1.82) is 0 Å². The summed E-state index contributed by atoms with van der Waals surface area (Å²) in [5.41, 5.74) is -0.306. The summed E-state index contributed by atoms with van der Waals surface area (Å²) in [6.45, 7) is 2.88. The number of benzene rings is 1. The zero-order valence-corrected chi connectivity index (χ0v) is 7.86. The Morgan fingerprint density at radius 3 is 2.43 bits per heavy atom. The van der Waals surface area contributed by atoms with Gasteiger partial charge in [-0.25, -0.2) is 4.79 Å². The third kappa shape index (κ3) is 1.80. The number of nitrogens with zero attached hydrogens (tertiary/aromatic N) is 1. The van der Waals surface area contributed by atoms with Gasteiger partial charge in [0.2, 0.25) is 0 Å². The first-order chi connectivity index (χ1) is 6.49. The van der Waals surface area contributed by atoms with Crippen LogP contribution in [0, 0.1) is 0 Å². The summed E-state index contributed by atoms with van der Waals surface area (Å²) in [7, 11) is -3.94. The van der Waals surface area contributed by atoms with E-state index in [9.17, 15) is 13.2 Å². The molecule has 0 amide bonds. The largest absolute Gasteiger partial charge is 0.478 e. The molecule has 0 spiro atoms. The van der Waals surface area contributed by atoms with E-state index in [0.29, 0.717) is 0 Å². The van der Waals surface area contributed by atoms with Crippen LogP contribution >= 0.6 is 0 Å². The van der Waals surface area contributed by atoms with Crippen molar-refractivity contribution in [2.24, 2.45) is 4.40 Å². The minimum absolute atomic E-state index is 0.306. The molecule has 1 aromatic carbocycles. The van der Waals surface area contributed by atoms with Gasteiger partial charge in [-0.3, -0.25) is 0 Å². The molecule has 0 aliphatic rings. The van der Waals surface area contributed by atoms with Crippen molar-refractivity contribution in [3.8, 4) is 0 Å². The van der Waals surface area contributed by atoms with Crippen molar-refractivity contribution in [3.05, 3.63) is 29.8 Å². The summed E-state index contributed by atoms with van der Waals surface area (Å²) in [6.07, 6.45) is 0. The molecular weight excluding hydrogens is 206 g/mol. The molecule has 6 heteroatoms. The molecule has 0 aliphatic heterocycles. The summed E-state index contributed by atoms with van der Waals surface area (Å²) < 4.78 is 25.4. The van der Waals surface area contributed by atoms with Crippen LogP contribution in [0.2, 0.25) is 0 Å². The van der Waals surface area contributed by atoms with Gasteiger partial charge < -0.3 is 5.11 Å². The van der Waals surface area contributed by atoms with E-state index >= 15 is 0 Å². The highest BCUT2D eigenvalue weighted by Crippen LogP contribution is 2.17. The van der Waals surface area contributed by atoms with Crippen molar-refractivity contribution in [2.45, 2.75) is 4.90 Å². The highest BCUT2D eigenvalue weighted by atomic mass is 32.2. The standard InChI is InChI=1S/C8H7NO4S/c1-9-14(12,13)7-5-3-2-4-6(7)8(10)11/h2-5H,1H2,(H,10,11). The Bertz CT molecular complexity index is 478. The molecular formula is C8H7NO4S. The number of carbonyl (C=O) groups is 1. The molecule has 0 unspecified atom stereocenters. The maximum atomic E-state index is 11.2. The molecule has 5 nitrogen and oxygen atoms in total. The van der Waals surface area contributed by atoms with Gasteiger partial charge in [0.05, 0.1) is 5.56 Å². The second-order valence-electron chi connectivity index (χ2n) is 2.41. The summed E-state index contributed by atoms with van der Waals surface area (Å²) in [5.74, 6) is -1.31. The van der Waals surface area contributed by atoms with Gasteiger partial charge in [-0.15, -0.1) is 0 Å². The average Bonchev–Trinajstić information content (AvgIpc) is 2.18. The fourth-order valence-electron chi connectivity index (χ4n) is 0.938. The van der Waals surface area contributed by atoms with Crippen molar-refractivity contribution >= 4 is 22.7 Å². The van der Waals surface area contributed by atoms with Gasteiger partial charge >= 0.3 is 5.97 Å². The van der Waals surface area contributed by atoms with Crippen molar-refractivity contribution in [2.75, 3.05) is 0 Å². The summed E-state index contributed by atoms with van der Waals surface area (Å²) in [6, 6.07) is 5.23. The van der Waals surface area contributed by atoms with Crippen LogP contribution in [0.5, 0.6) is 0 Å². The van der Waals surface area contributed by atoms with Crippen LogP contribution in [0.1, 0.15) is 10.4 Å². The van der Waals surface area contributed by atoms with E-state index in [2.05, 4.69) is 11.1 Å². The van der Waals surface area contributed by atoms with Crippen LogP contribution in [0.4, 0.5) is 0 Å². The first kappa shape index (κ1) is 10.4. The second-order valence-corrected chi connectivity index (χ2v) is 4.05. The Hall–Kier alpha value is -1.69.